The van der Waals surface area contributed by atoms with E-state index in [4.69, 9.17) is 5.73 Å². The third-order valence-electron chi connectivity index (χ3n) is 3.46. The van der Waals surface area contributed by atoms with Crippen molar-refractivity contribution in [2.45, 2.75) is 24.9 Å². The second-order valence-electron chi connectivity index (χ2n) is 4.50. The lowest BCUT2D eigenvalue weighted by atomic mass is 9.73. The molecule has 0 aliphatic carbocycles. The molecule has 18 heavy (non-hydrogen) atoms. The van der Waals surface area contributed by atoms with Gasteiger partial charge in [-0.05, 0) is 12.5 Å². The van der Waals surface area contributed by atoms with E-state index in [0.717, 1.165) is 10.6 Å². The number of rotatable bonds is 5. The van der Waals surface area contributed by atoms with E-state index in [9.17, 15) is 5.11 Å². The monoisotopic (exact) mass is 262 g/mol. The molecule has 0 radical (unpaired) electrons. The Balaban J connectivity index is 2.40. The Hall–Kier alpha value is -1.23. The number of aliphatic hydroxyl groups is 1. The molecule has 0 bridgehead atoms. The van der Waals surface area contributed by atoms with Crippen molar-refractivity contribution in [1.29, 1.82) is 0 Å². The molecule has 1 heterocycles. The van der Waals surface area contributed by atoms with Crippen molar-refractivity contribution in [3.63, 3.8) is 0 Å². The van der Waals surface area contributed by atoms with Gasteiger partial charge in [-0.2, -0.15) is 0 Å². The van der Waals surface area contributed by atoms with Crippen LogP contribution in [0.1, 0.15) is 17.5 Å². The smallest absolute Gasteiger partial charge is 0.0935 e. The summed E-state index contributed by atoms with van der Waals surface area (Å²) >= 11 is 1.60. The summed E-state index contributed by atoms with van der Waals surface area (Å²) in [6.07, 6.45) is 1.94. The van der Waals surface area contributed by atoms with Crippen molar-refractivity contribution in [2.24, 2.45) is 5.73 Å². The summed E-state index contributed by atoms with van der Waals surface area (Å²) < 4.78 is 0. The number of hydrogen-bond acceptors (Lipinski definition) is 4. The van der Waals surface area contributed by atoms with Gasteiger partial charge in [0.2, 0.25) is 0 Å². The number of nitrogens with zero attached hydrogens (tertiary/aromatic N) is 1. The molecule has 1 aromatic heterocycles. The van der Waals surface area contributed by atoms with E-state index in [1.165, 1.54) is 0 Å². The number of aliphatic hydroxyl groups excluding tert-OH is 1. The lowest BCUT2D eigenvalue weighted by Crippen LogP contribution is -2.46. The molecule has 2 rings (SSSR count). The van der Waals surface area contributed by atoms with E-state index in [-0.39, 0.29) is 0 Å². The van der Waals surface area contributed by atoms with Crippen LogP contribution in [0.25, 0.3) is 0 Å². The number of hydrogen-bond donors (Lipinski definition) is 2. The molecule has 0 saturated carbocycles. The molecule has 2 unspecified atom stereocenters. The van der Waals surface area contributed by atoms with Gasteiger partial charge in [-0.25, -0.2) is 4.98 Å². The van der Waals surface area contributed by atoms with Crippen LogP contribution in [0, 0.1) is 0 Å². The number of thiazole rings is 1. The lowest BCUT2D eigenvalue weighted by Gasteiger charge is -2.35. The SMILES string of the molecule is CC(O)C(CN)(Cc1nccs1)c1ccccc1. The van der Waals surface area contributed by atoms with Crippen molar-refractivity contribution in [1.82, 2.24) is 4.98 Å². The fourth-order valence-corrected chi connectivity index (χ4v) is 2.97. The lowest BCUT2D eigenvalue weighted by molar-refractivity contribution is 0.100. The zero-order valence-corrected chi connectivity index (χ0v) is 11.2. The van der Waals surface area contributed by atoms with E-state index in [0.29, 0.717) is 13.0 Å². The zero-order chi connectivity index (χ0) is 13.0. The first-order valence-corrected chi connectivity index (χ1v) is 6.89. The third kappa shape index (κ3) is 2.46. The second kappa shape index (κ2) is 5.61. The first-order valence-electron chi connectivity index (χ1n) is 6.01. The molecule has 2 atom stereocenters. The number of nitrogens with two attached hydrogens (primary N) is 1. The molecule has 4 heteroatoms. The van der Waals surface area contributed by atoms with Crippen molar-refractivity contribution < 1.29 is 5.11 Å². The molecular formula is C14H18N2OS. The molecule has 0 aliphatic rings. The average Bonchev–Trinajstić information content (AvgIpc) is 2.89. The molecule has 0 saturated heterocycles. The van der Waals surface area contributed by atoms with E-state index >= 15 is 0 Å². The molecule has 0 fully saturated rings. The summed E-state index contributed by atoms with van der Waals surface area (Å²) in [5.74, 6) is 0. The molecule has 1 aromatic carbocycles. The van der Waals surface area contributed by atoms with Gasteiger partial charge in [-0.15, -0.1) is 11.3 Å². The number of aromatic nitrogens is 1. The maximum absolute atomic E-state index is 10.2. The second-order valence-corrected chi connectivity index (χ2v) is 5.48. The summed E-state index contributed by atoms with van der Waals surface area (Å²) in [6.45, 7) is 2.20. The Labute approximate surface area is 111 Å². The van der Waals surface area contributed by atoms with Crippen molar-refractivity contribution in [3.8, 4) is 0 Å². The van der Waals surface area contributed by atoms with Crippen LogP contribution < -0.4 is 5.73 Å². The average molecular weight is 262 g/mol. The molecule has 0 aliphatic heterocycles. The molecule has 3 nitrogen and oxygen atoms in total. The molecule has 0 amide bonds. The fraction of sp³-hybridized carbons (Fsp3) is 0.357. The van der Waals surface area contributed by atoms with Crippen LogP contribution in [0.4, 0.5) is 0 Å². The van der Waals surface area contributed by atoms with E-state index in [2.05, 4.69) is 4.98 Å². The summed E-state index contributed by atoms with van der Waals surface area (Å²) in [5.41, 5.74) is 6.58. The largest absolute Gasteiger partial charge is 0.392 e. The van der Waals surface area contributed by atoms with Gasteiger partial charge in [0.1, 0.15) is 0 Å². The standard InChI is InChI=1S/C14H18N2OS/c1-11(17)14(10-15,9-13-16-7-8-18-13)12-5-3-2-4-6-12/h2-8,11,17H,9-10,15H2,1H3. The molecule has 3 N–H and O–H groups in total. The molecular weight excluding hydrogens is 244 g/mol. The minimum Gasteiger partial charge on any atom is -0.392 e. The van der Waals surface area contributed by atoms with Crippen LogP contribution in [0.2, 0.25) is 0 Å². The third-order valence-corrected chi connectivity index (χ3v) is 4.24. The minimum atomic E-state index is -0.520. The summed E-state index contributed by atoms with van der Waals surface area (Å²) in [6, 6.07) is 9.96. The fourth-order valence-electron chi connectivity index (χ4n) is 2.23. The Morgan fingerprint density at radius 3 is 2.61 bits per heavy atom. The van der Waals surface area contributed by atoms with Crippen LogP contribution in [0.15, 0.2) is 41.9 Å². The summed E-state index contributed by atoms with van der Waals surface area (Å²) in [4.78, 5) is 4.31. The van der Waals surface area contributed by atoms with Crippen molar-refractivity contribution in [2.75, 3.05) is 6.54 Å². The van der Waals surface area contributed by atoms with Crippen LogP contribution in [0.5, 0.6) is 0 Å². The van der Waals surface area contributed by atoms with Gasteiger partial charge >= 0.3 is 0 Å². The van der Waals surface area contributed by atoms with Crippen LogP contribution >= 0.6 is 11.3 Å². The first kappa shape index (κ1) is 13.2. The Morgan fingerprint density at radius 2 is 2.11 bits per heavy atom. The van der Waals surface area contributed by atoms with Crippen LogP contribution in [-0.4, -0.2) is 22.7 Å². The Kier molecular flexibility index (Phi) is 4.11. The van der Waals surface area contributed by atoms with Gasteiger partial charge in [-0.1, -0.05) is 30.3 Å². The highest BCUT2D eigenvalue weighted by Crippen LogP contribution is 2.32. The first-order chi connectivity index (χ1) is 8.69. The maximum Gasteiger partial charge on any atom is 0.0935 e. The van der Waals surface area contributed by atoms with Gasteiger partial charge < -0.3 is 10.8 Å². The molecule has 96 valence electrons. The van der Waals surface area contributed by atoms with E-state index in [1.54, 1.807) is 24.5 Å². The molecule has 0 spiro atoms. The zero-order valence-electron chi connectivity index (χ0n) is 10.4. The topological polar surface area (TPSA) is 59.1 Å². The maximum atomic E-state index is 10.2. The van der Waals surface area contributed by atoms with Crippen molar-refractivity contribution >= 4 is 11.3 Å². The van der Waals surface area contributed by atoms with E-state index in [1.807, 2.05) is 35.7 Å². The van der Waals surface area contributed by atoms with Gasteiger partial charge in [0.15, 0.2) is 0 Å². The minimum absolute atomic E-state index is 0.397. The van der Waals surface area contributed by atoms with Crippen LogP contribution in [-0.2, 0) is 11.8 Å². The Morgan fingerprint density at radius 1 is 1.39 bits per heavy atom. The summed E-state index contributed by atoms with van der Waals surface area (Å²) in [7, 11) is 0. The van der Waals surface area contributed by atoms with Gasteiger partial charge in [0.05, 0.1) is 11.1 Å². The number of benzene rings is 1. The van der Waals surface area contributed by atoms with Crippen molar-refractivity contribution in [3.05, 3.63) is 52.5 Å². The normalized spacial score (nSPS) is 16.2. The van der Waals surface area contributed by atoms with Crippen LogP contribution in [0.3, 0.4) is 0 Å². The van der Waals surface area contributed by atoms with Gasteiger partial charge in [0.25, 0.3) is 0 Å². The highest BCUT2D eigenvalue weighted by atomic mass is 32.1. The van der Waals surface area contributed by atoms with Gasteiger partial charge in [-0.3, -0.25) is 0 Å². The highest BCUT2D eigenvalue weighted by Gasteiger charge is 2.36. The predicted octanol–water partition coefficient (Wildman–Crippen LogP) is 1.96. The predicted molar refractivity (Wildman–Crippen MR) is 74.7 cm³/mol. The summed E-state index contributed by atoms with van der Waals surface area (Å²) in [5, 5.41) is 13.2. The van der Waals surface area contributed by atoms with Gasteiger partial charge in [0, 0.05) is 30.0 Å². The Bertz CT molecular complexity index is 470. The molecule has 2 aromatic rings. The van der Waals surface area contributed by atoms with E-state index < -0.39 is 11.5 Å². The highest BCUT2D eigenvalue weighted by molar-refractivity contribution is 7.09. The quantitative estimate of drug-likeness (QED) is 0.866.